The Bertz CT molecular complexity index is 617. The van der Waals surface area contributed by atoms with E-state index in [1.165, 1.54) is 0 Å². The van der Waals surface area contributed by atoms with Crippen LogP contribution in [0.25, 0.3) is 0 Å². The van der Waals surface area contributed by atoms with E-state index in [1.54, 1.807) is 18.6 Å². The molecule has 2 N–H and O–H groups in total. The molecule has 0 aliphatic heterocycles. The number of aryl methyl sites for hydroxylation is 1. The standard InChI is InChI=1S/C13H13N5O/c19-13(12-10-4-1-5-11(10)16-17-12)18-15-8-9-3-2-6-14-7-9/h2-3,6-8H,1,4-5H2,(H,16,17)(H,18,19)/b15-8+. The minimum atomic E-state index is -0.278. The number of H-pyrrole nitrogens is 1. The molecular formula is C13H13N5O. The van der Waals surface area contributed by atoms with Crippen molar-refractivity contribution in [2.45, 2.75) is 19.3 Å². The highest BCUT2D eigenvalue weighted by molar-refractivity contribution is 5.94. The molecule has 19 heavy (non-hydrogen) atoms. The summed E-state index contributed by atoms with van der Waals surface area (Å²) in [7, 11) is 0. The molecule has 0 unspecified atom stereocenters. The second kappa shape index (κ2) is 5.01. The maximum absolute atomic E-state index is 11.9. The number of amides is 1. The Morgan fingerprint density at radius 1 is 1.47 bits per heavy atom. The molecule has 2 heterocycles. The molecule has 0 radical (unpaired) electrons. The van der Waals surface area contributed by atoms with Crippen molar-refractivity contribution in [3.8, 4) is 0 Å². The fourth-order valence-electron chi connectivity index (χ4n) is 2.18. The van der Waals surface area contributed by atoms with E-state index in [1.807, 2.05) is 12.1 Å². The number of fused-ring (bicyclic) bond motifs is 1. The van der Waals surface area contributed by atoms with Gasteiger partial charge in [0.15, 0.2) is 5.69 Å². The smallest absolute Gasteiger partial charge is 0.281 e. The maximum Gasteiger partial charge on any atom is 0.292 e. The van der Waals surface area contributed by atoms with Crippen LogP contribution in [-0.4, -0.2) is 27.3 Å². The van der Waals surface area contributed by atoms with Crippen molar-refractivity contribution in [3.05, 3.63) is 47.0 Å². The molecule has 0 bridgehead atoms. The molecule has 3 rings (SSSR count). The molecule has 0 aromatic carbocycles. The highest BCUT2D eigenvalue weighted by atomic mass is 16.2. The fourth-order valence-corrected chi connectivity index (χ4v) is 2.18. The quantitative estimate of drug-likeness (QED) is 0.635. The average molecular weight is 255 g/mol. The van der Waals surface area contributed by atoms with E-state index in [0.717, 1.165) is 36.1 Å². The molecule has 0 atom stereocenters. The Morgan fingerprint density at radius 2 is 2.42 bits per heavy atom. The summed E-state index contributed by atoms with van der Waals surface area (Å²) in [6, 6.07) is 3.67. The van der Waals surface area contributed by atoms with Crippen LogP contribution in [0.4, 0.5) is 0 Å². The van der Waals surface area contributed by atoms with Crippen molar-refractivity contribution in [3.63, 3.8) is 0 Å². The van der Waals surface area contributed by atoms with Crippen molar-refractivity contribution in [1.82, 2.24) is 20.6 Å². The van der Waals surface area contributed by atoms with Gasteiger partial charge in [0.25, 0.3) is 5.91 Å². The molecular weight excluding hydrogens is 242 g/mol. The molecule has 0 spiro atoms. The van der Waals surface area contributed by atoms with Gasteiger partial charge in [-0.2, -0.15) is 10.2 Å². The van der Waals surface area contributed by atoms with Crippen molar-refractivity contribution in [2.24, 2.45) is 5.10 Å². The highest BCUT2D eigenvalue weighted by Crippen LogP contribution is 2.22. The topological polar surface area (TPSA) is 83.0 Å². The summed E-state index contributed by atoms with van der Waals surface area (Å²) < 4.78 is 0. The van der Waals surface area contributed by atoms with E-state index in [4.69, 9.17) is 0 Å². The van der Waals surface area contributed by atoms with Gasteiger partial charge in [-0.05, 0) is 25.3 Å². The lowest BCUT2D eigenvalue weighted by Gasteiger charge is -1.97. The fraction of sp³-hybridized carbons (Fsp3) is 0.231. The minimum absolute atomic E-state index is 0.278. The number of carbonyl (C=O) groups excluding carboxylic acids is 1. The zero-order chi connectivity index (χ0) is 13.1. The first-order valence-corrected chi connectivity index (χ1v) is 6.14. The Balaban J connectivity index is 1.67. The van der Waals surface area contributed by atoms with Crippen LogP contribution in [0.3, 0.4) is 0 Å². The first-order valence-electron chi connectivity index (χ1n) is 6.14. The first kappa shape index (κ1) is 11.6. The second-order valence-corrected chi connectivity index (χ2v) is 4.37. The largest absolute Gasteiger partial charge is 0.292 e. The third-order valence-electron chi connectivity index (χ3n) is 3.09. The molecule has 0 fully saturated rings. The van der Waals surface area contributed by atoms with Gasteiger partial charge in [-0.25, -0.2) is 5.43 Å². The van der Waals surface area contributed by atoms with E-state index >= 15 is 0 Å². The van der Waals surface area contributed by atoms with Crippen molar-refractivity contribution in [2.75, 3.05) is 0 Å². The van der Waals surface area contributed by atoms with Gasteiger partial charge >= 0.3 is 0 Å². The monoisotopic (exact) mass is 255 g/mol. The van der Waals surface area contributed by atoms with E-state index in [0.29, 0.717) is 5.69 Å². The summed E-state index contributed by atoms with van der Waals surface area (Å²) in [6.45, 7) is 0. The first-order chi connectivity index (χ1) is 9.34. The van der Waals surface area contributed by atoms with Crippen LogP contribution in [0.2, 0.25) is 0 Å². The lowest BCUT2D eigenvalue weighted by Crippen LogP contribution is -2.19. The van der Waals surface area contributed by atoms with Crippen LogP contribution in [-0.2, 0) is 12.8 Å². The molecule has 6 heteroatoms. The Kier molecular flexibility index (Phi) is 3.06. The van der Waals surface area contributed by atoms with Crippen LogP contribution < -0.4 is 5.43 Å². The van der Waals surface area contributed by atoms with Gasteiger partial charge in [0, 0.05) is 29.2 Å². The summed E-state index contributed by atoms with van der Waals surface area (Å²) in [5.74, 6) is -0.278. The normalized spacial score (nSPS) is 13.7. The average Bonchev–Trinajstić information content (AvgIpc) is 3.02. The number of aromatic amines is 1. The van der Waals surface area contributed by atoms with E-state index < -0.39 is 0 Å². The van der Waals surface area contributed by atoms with Gasteiger partial charge in [-0.1, -0.05) is 6.07 Å². The number of nitrogens with one attached hydrogen (secondary N) is 2. The number of hydrogen-bond donors (Lipinski definition) is 2. The molecule has 1 aliphatic rings. The zero-order valence-corrected chi connectivity index (χ0v) is 10.3. The Labute approximate surface area is 110 Å². The molecule has 1 amide bonds. The Hall–Kier alpha value is -2.50. The van der Waals surface area contributed by atoms with Gasteiger partial charge in [0.05, 0.1) is 6.21 Å². The number of hydrogen-bond acceptors (Lipinski definition) is 4. The second-order valence-electron chi connectivity index (χ2n) is 4.37. The summed E-state index contributed by atoms with van der Waals surface area (Å²) in [5.41, 5.74) is 5.86. The number of pyridine rings is 1. The molecule has 1 aliphatic carbocycles. The number of nitrogens with zero attached hydrogens (tertiary/aromatic N) is 3. The van der Waals surface area contributed by atoms with Crippen LogP contribution in [0, 0.1) is 0 Å². The van der Waals surface area contributed by atoms with Crippen LogP contribution in [0.1, 0.15) is 33.7 Å². The lowest BCUT2D eigenvalue weighted by atomic mass is 10.2. The number of rotatable bonds is 3. The zero-order valence-electron chi connectivity index (χ0n) is 10.3. The molecule has 2 aromatic rings. The molecule has 0 saturated carbocycles. The lowest BCUT2D eigenvalue weighted by molar-refractivity contribution is 0.0949. The summed E-state index contributed by atoms with van der Waals surface area (Å²) in [4.78, 5) is 15.9. The number of hydrazone groups is 1. The summed E-state index contributed by atoms with van der Waals surface area (Å²) in [5, 5.41) is 10.8. The van der Waals surface area contributed by atoms with Crippen LogP contribution in [0.5, 0.6) is 0 Å². The predicted octanol–water partition coefficient (Wildman–Crippen LogP) is 1.06. The SMILES string of the molecule is O=C(N/N=C/c1cccnc1)c1n[nH]c2c1CCC2. The highest BCUT2D eigenvalue weighted by Gasteiger charge is 2.22. The van der Waals surface area contributed by atoms with Gasteiger partial charge in [-0.3, -0.25) is 14.9 Å². The van der Waals surface area contributed by atoms with Crippen molar-refractivity contribution < 1.29 is 4.79 Å². The predicted molar refractivity (Wildman–Crippen MR) is 69.9 cm³/mol. The van der Waals surface area contributed by atoms with Crippen LogP contribution >= 0.6 is 0 Å². The molecule has 6 nitrogen and oxygen atoms in total. The van der Waals surface area contributed by atoms with E-state index in [9.17, 15) is 4.79 Å². The van der Waals surface area contributed by atoms with Gasteiger partial charge in [-0.15, -0.1) is 0 Å². The van der Waals surface area contributed by atoms with E-state index in [2.05, 4.69) is 25.7 Å². The maximum atomic E-state index is 11.9. The van der Waals surface area contributed by atoms with E-state index in [-0.39, 0.29) is 5.91 Å². The van der Waals surface area contributed by atoms with Gasteiger partial charge in [0.2, 0.25) is 0 Å². The number of carbonyl (C=O) groups is 1. The summed E-state index contributed by atoms with van der Waals surface area (Å²) >= 11 is 0. The molecule has 0 saturated heterocycles. The van der Waals surface area contributed by atoms with Gasteiger partial charge in [0.1, 0.15) is 0 Å². The Morgan fingerprint density at radius 3 is 3.26 bits per heavy atom. The minimum Gasteiger partial charge on any atom is -0.281 e. The third kappa shape index (κ3) is 2.37. The third-order valence-corrected chi connectivity index (χ3v) is 3.09. The van der Waals surface area contributed by atoms with Crippen molar-refractivity contribution in [1.29, 1.82) is 0 Å². The summed E-state index contributed by atoms with van der Waals surface area (Å²) in [6.07, 6.45) is 7.85. The number of aromatic nitrogens is 3. The molecule has 96 valence electrons. The van der Waals surface area contributed by atoms with Crippen molar-refractivity contribution >= 4 is 12.1 Å². The van der Waals surface area contributed by atoms with Gasteiger partial charge < -0.3 is 0 Å². The van der Waals surface area contributed by atoms with Crippen LogP contribution in [0.15, 0.2) is 29.6 Å². The molecule has 2 aromatic heterocycles.